The van der Waals surface area contributed by atoms with Crippen LogP contribution in [0.4, 0.5) is 0 Å². The van der Waals surface area contributed by atoms with Crippen LogP contribution in [0.5, 0.6) is 0 Å². The van der Waals surface area contributed by atoms with E-state index in [1.54, 1.807) is 0 Å². The van der Waals surface area contributed by atoms with Crippen molar-refractivity contribution in [2.45, 2.75) is 44.6 Å². The fourth-order valence-corrected chi connectivity index (χ4v) is 2.80. The summed E-state index contributed by atoms with van der Waals surface area (Å²) in [6.07, 6.45) is 4.82. The quantitative estimate of drug-likeness (QED) is 0.932. The van der Waals surface area contributed by atoms with Gasteiger partial charge in [-0.1, -0.05) is 42.4 Å². The van der Waals surface area contributed by atoms with E-state index < -0.39 is 5.54 Å². The molecule has 1 heterocycles. The molecule has 0 unspecified atom stereocenters. The first-order valence-corrected chi connectivity index (χ1v) is 7.31. The molecule has 0 atom stereocenters. The van der Waals surface area contributed by atoms with Crippen molar-refractivity contribution in [3.05, 3.63) is 47.6 Å². The first-order valence-electron chi connectivity index (χ1n) is 7.31. The molecule has 0 amide bonds. The molecule has 4 nitrogen and oxygen atoms in total. The highest BCUT2D eigenvalue weighted by molar-refractivity contribution is 5.18. The van der Waals surface area contributed by atoms with Gasteiger partial charge in [0.1, 0.15) is 0 Å². The maximum Gasteiger partial charge on any atom is 0.246 e. The lowest BCUT2D eigenvalue weighted by Gasteiger charge is -2.32. The lowest BCUT2D eigenvalue weighted by Crippen LogP contribution is -2.40. The lowest BCUT2D eigenvalue weighted by molar-refractivity contribution is 0.190. The van der Waals surface area contributed by atoms with E-state index >= 15 is 0 Å². The molecule has 1 saturated carbocycles. The van der Waals surface area contributed by atoms with Gasteiger partial charge >= 0.3 is 0 Å². The molecule has 1 aliphatic carbocycles. The minimum Gasteiger partial charge on any atom is -0.337 e. The largest absolute Gasteiger partial charge is 0.337 e. The number of rotatable bonds is 3. The Morgan fingerprint density at radius 3 is 2.65 bits per heavy atom. The Kier molecular flexibility index (Phi) is 3.57. The molecular weight excluding hydrogens is 250 g/mol. The van der Waals surface area contributed by atoms with Gasteiger partial charge in [-0.3, -0.25) is 0 Å². The molecule has 0 radical (unpaired) electrons. The van der Waals surface area contributed by atoms with Gasteiger partial charge in [0.15, 0.2) is 5.82 Å². The van der Waals surface area contributed by atoms with E-state index in [-0.39, 0.29) is 0 Å². The summed E-state index contributed by atoms with van der Waals surface area (Å²) in [5.74, 6) is 2.07. The molecule has 1 aromatic carbocycles. The Hall–Kier alpha value is -1.68. The van der Waals surface area contributed by atoms with Crippen LogP contribution in [0.3, 0.4) is 0 Å². The van der Waals surface area contributed by atoms with Gasteiger partial charge in [-0.15, -0.1) is 0 Å². The monoisotopic (exact) mass is 271 g/mol. The summed E-state index contributed by atoms with van der Waals surface area (Å²) < 4.78 is 5.43. The van der Waals surface area contributed by atoms with E-state index in [0.29, 0.717) is 12.3 Å². The Bertz CT molecular complexity index is 556. The molecule has 4 heteroatoms. The topological polar surface area (TPSA) is 64.9 Å². The molecule has 2 aromatic rings. The summed E-state index contributed by atoms with van der Waals surface area (Å²) in [6.45, 7) is 2.27. The molecule has 2 N–H and O–H groups in total. The van der Waals surface area contributed by atoms with Crippen molar-refractivity contribution in [2.24, 2.45) is 11.7 Å². The highest BCUT2D eigenvalue weighted by Gasteiger charge is 2.37. The van der Waals surface area contributed by atoms with E-state index in [2.05, 4.69) is 29.2 Å². The van der Waals surface area contributed by atoms with E-state index in [1.165, 1.54) is 5.56 Å². The van der Waals surface area contributed by atoms with Crippen molar-refractivity contribution >= 4 is 0 Å². The van der Waals surface area contributed by atoms with Gasteiger partial charge in [0, 0.05) is 6.42 Å². The van der Waals surface area contributed by atoms with Gasteiger partial charge in [0.05, 0.1) is 5.54 Å². The zero-order valence-electron chi connectivity index (χ0n) is 11.9. The number of aromatic nitrogens is 2. The number of nitrogens with two attached hydrogens (primary N) is 1. The summed E-state index contributed by atoms with van der Waals surface area (Å²) >= 11 is 0. The van der Waals surface area contributed by atoms with Crippen molar-refractivity contribution in [3.8, 4) is 0 Å². The maximum absolute atomic E-state index is 6.45. The number of hydrogen-bond donors (Lipinski definition) is 1. The molecule has 0 bridgehead atoms. The molecular formula is C16H21N3O. The smallest absolute Gasteiger partial charge is 0.246 e. The minimum atomic E-state index is -0.422. The summed E-state index contributed by atoms with van der Waals surface area (Å²) in [5, 5.41) is 4.08. The van der Waals surface area contributed by atoms with Crippen LogP contribution < -0.4 is 5.73 Å². The minimum absolute atomic E-state index is 0.422. The van der Waals surface area contributed by atoms with E-state index in [4.69, 9.17) is 10.3 Å². The Balaban J connectivity index is 1.73. The predicted octanol–water partition coefficient (Wildman–Crippen LogP) is 3.02. The Morgan fingerprint density at radius 2 is 1.95 bits per heavy atom. The van der Waals surface area contributed by atoms with Gasteiger partial charge < -0.3 is 10.3 Å². The Labute approximate surface area is 119 Å². The number of hydrogen-bond acceptors (Lipinski definition) is 4. The van der Waals surface area contributed by atoms with Crippen LogP contribution in [0.25, 0.3) is 0 Å². The van der Waals surface area contributed by atoms with Gasteiger partial charge in [0.25, 0.3) is 0 Å². The van der Waals surface area contributed by atoms with Crippen LogP contribution in [-0.2, 0) is 12.0 Å². The first kappa shape index (κ1) is 13.3. The van der Waals surface area contributed by atoms with Crippen LogP contribution in [0.1, 0.15) is 49.9 Å². The third-order valence-electron chi connectivity index (χ3n) is 4.27. The fraction of sp³-hybridized carbons (Fsp3) is 0.500. The SMILES string of the molecule is CC1CCC(N)(c2nc(Cc3ccccc3)no2)CC1. The molecule has 0 spiro atoms. The highest BCUT2D eigenvalue weighted by Crippen LogP contribution is 2.36. The van der Waals surface area contributed by atoms with Crippen LogP contribution >= 0.6 is 0 Å². The van der Waals surface area contributed by atoms with Gasteiger partial charge in [-0.05, 0) is 37.2 Å². The molecule has 3 rings (SSSR count). The molecule has 0 saturated heterocycles. The molecule has 1 fully saturated rings. The fourth-order valence-electron chi connectivity index (χ4n) is 2.80. The zero-order chi connectivity index (χ0) is 14.0. The molecule has 1 aromatic heterocycles. The molecule has 20 heavy (non-hydrogen) atoms. The van der Waals surface area contributed by atoms with Crippen LogP contribution in [0, 0.1) is 5.92 Å². The van der Waals surface area contributed by atoms with Crippen LogP contribution in [0.2, 0.25) is 0 Å². The second-order valence-corrected chi connectivity index (χ2v) is 6.02. The number of benzene rings is 1. The van der Waals surface area contributed by atoms with Crippen molar-refractivity contribution in [1.82, 2.24) is 10.1 Å². The van der Waals surface area contributed by atoms with Crippen molar-refractivity contribution in [2.75, 3.05) is 0 Å². The Morgan fingerprint density at radius 1 is 1.25 bits per heavy atom. The van der Waals surface area contributed by atoms with Gasteiger partial charge in [-0.25, -0.2) is 0 Å². The summed E-state index contributed by atoms with van der Waals surface area (Å²) in [7, 11) is 0. The van der Waals surface area contributed by atoms with Gasteiger partial charge in [0.2, 0.25) is 5.89 Å². The second-order valence-electron chi connectivity index (χ2n) is 6.02. The third-order valence-corrected chi connectivity index (χ3v) is 4.27. The van der Waals surface area contributed by atoms with E-state index in [9.17, 15) is 0 Å². The molecule has 106 valence electrons. The predicted molar refractivity (Wildman–Crippen MR) is 77.0 cm³/mol. The third kappa shape index (κ3) is 2.75. The number of nitrogens with zero attached hydrogens (tertiary/aromatic N) is 2. The van der Waals surface area contributed by atoms with Gasteiger partial charge in [-0.2, -0.15) is 4.98 Å². The van der Waals surface area contributed by atoms with Crippen molar-refractivity contribution < 1.29 is 4.52 Å². The first-order chi connectivity index (χ1) is 9.66. The van der Waals surface area contributed by atoms with E-state index in [0.717, 1.165) is 37.4 Å². The van der Waals surface area contributed by atoms with Crippen molar-refractivity contribution in [1.29, 1.82) is 0 Å². The summed E-state index contributed by atoms with van der Waals surface area (Å²) in [6, 6.07) is 10.2. The second kappa shape index (κ2) is 5.37. The zero-order valence-corrected chi connectivity index (χ0v) is 11.9. The van der Waals surface area contributed by atoms with Crippen LogP contribution in [-0.4, -0.2) is 10.1 Å². The maximum atomic E-state index is 6.45. The normalized spacial score (nSPS) is 26.6. The average Bonchev–Trinajstić information content (AvgIpc) is 2.93. The van der Waals surface area contributed by atoms with Crippen LogP contribution in [0.15, 0.2) is 34.9 Å². The average molecular weight is 271 g/mol. The lowest BCUT2D eigenvalue weighted by atomic mass is 9.78. The standard InChI is InChI=1S/C16H21N3O/c1-12-7-9-16(17,10-8-12)15-18-14(19-20-15)11-13-5-3-2-4-6-13/h2-6,12H,7-11,17H2,1H3. The summed E-state index contributed by atoms with van der Waals surface area (Å²) in [5.41, 5.74) is 7.21. The van der Waals surface area contributed by atoms with Crippen molar-refractivity contribution in [3.63, 3.8) is 0 Å². The van der Waals surface area contributed by atoms with E-state index in [1.807, 2.05) is 18.2 Å². The molecule has 0 aliphatic heterocycles. The summed E-state index contributed by atoms with van der Waals surface area (Å²) in [4.78, 5) is 4.52. The highest BCUT2D eigenvalue weighted by atomic mass is 16.5. The molecule has 1 aliphatic rings.